The van der Waals surface area contributed by atoms with Gasteiger partial charge in [-0.3, -0.25) is 4.90 Å². The van der Waals surface area contributed by atoms with Gasteiger partial charge in [0.2, 0.25) is 0 Å². The highest BCUT2D eigenvalue weighted by molar-refractivity contribution is 5.93. The maximum atomic E-state index is 12.7. The third-order valence-electron chi connectivity index (χ3n) is 5.55. The maximum absolute atomic E-state index is 12.7. The third-order valence-corrected chi connectivity index (χ3v) is 5.55. The van der Waals surface area contributed by atoms with Crippen LogP contribution in [0, 0.1) is 0 Å². The molecule has 1 saturated carbocycles. The summed E-state index contributed by atoms with van der Waals surface area (Å²) in [7, 11) is 0. The molecule has 2 aromatic rings. The number of hydrogen-bond acceptors (Lipinski definition) is 6. The summed E-state index contributed by atoms with van der Waals surface area (Å²) in [5.74, 6) is -0.483. The Hall–Kier alpha value is -3.75. The second kappa shape index (κ2) is 9.24. The summed E-state index contributed by atoms with van der Waals surface area (Å²) < 4.78 is 16.3. The summed E-state index contributed by atoms with van der Waals surface area (Å²) in [6, 6.07) is 12.2. The van der Waals surface area contributed by atoms with E-state index in [-0.39, 0.29) is 30.7 Å². The Morgan fingerprint density at radius 3 is 2.56 bits per heavy atom. The standard InChI is InChI=1S/C25H28N2O7/c1-25(2,3)34-23(30)26-19-13-18(19)16-6-4-15(5-7-16)14-33-24(31)27-10-11-32-21-12-17(22(28)29)8-9-20(21)27/h4-9,12,18-19H,10-11,13-14H2,1-3H3,(H,26,30)(H,28,29)/t18?,19-/m0/s1. The summed E-state index contributed by atoms with van der Waals surface area (Å²) in [5.41, 5.74) is 1.98. The molecular formula is C25H28N2O7. The monoisotopic (exact) mass is 468 g/mol. The Morgan fingerprint density at radius 2 is 1.88 bits per heavy atom. The number of carboxylic acids is 1. The molecule has 0 aromatic heterocycles. The lowest BCUT2D eigenvalue weighted by Gasteiger charge is -2.29. The second-order valence-corrected chi connectivity index (χ2v) is 9.38. The van der Waals surface area contributed by atoms with E-state index < -0.39 is 23.8 Å². The van der Waals surface area contributed by atoms with E-state index in [9.17, 15) is 14.4 Å². The highest BCUT2D eigenvalue weighted by atomic mass is 16.6. The fraction of sp³-hybridized carbons (Fsp3) is 0.400. The van der Waals surface area contributed by atoms with Gasteiger partial charge in [-0.2, -0.15) is 0 Å². The molecule has 2 amide bonds. The first-order chi connectivity index (χ1) is 16.1. The predicted molar refractivity (Wildman–Crippen MR) is 123 cm³/mol. The van der Waals surface area contributed by atoms with Crippen LogP contribution in [0.3, 0.4) is 0 Å². The molecular weight excluding hydrogens is 440 g/mol. The molecule has 180 valence electrons. The molecule has 2 aromatic carbocycles. The van der Waals surface area contributed by atoms with Gasteiger partial charge in [0.25, 0.3) is 0 Å². The molecule has 1 aliphatic heterocycles. The molecule has 0 spiro atoms. The number of benzene rings is 2. The van der Waals surface area contributed by atoms with Crippen LogP contribution in [0.1, 0.15) is 54.6 Å². The molecule has 0 bridgehead atoms. The van der Waals surface area contributed by atoms with Crippen molar-refractivity contribution < 1.29 is 33.7 Å². The van der Waals surface area contributed by atoms with Gasteiger partial charge in [0, 0.05) is 12.0 Å². The van der Waals surface area contributed by atoms with Gasteiger partial charge in [0.15, 0.2) is 0 Å². The van der Waals surface area contributed by atoms with Gasteiger partial charge in [-0.15, -0.1) is 0 Å². The largest absolute Gasteiger partial charge is 0.490 e. The normalized spacial score (nSPS) is 18.9. The van der Waals surface area contributed by atoms with Crippen molar-refractivity contribution in [1.29, 1.82) is 0 Å². The molecule has 1 fully saturated rings. The van der Waals surface area contributed by atoms with Crippen molar-refractivity contribution in [3.63, 3.8) is 0 Å². The van der Waals surface area contributed by atoms with Crippen molar-refractivity contribution >= 4 is 23.8 Å². The van der Waals surface area contributed by atoms with E-state index in [1.807, 2.05) is 45.0 Å². The molecule has 0 radical (unpaired) electrons. The lowest BCUT2D eigenvalue weighted by Crippen LogP contribution is -2.38. The van der Waals surface area contributed by atoms with Gasteiger partial charge in [0.05, 0.1) is 17.8 Å². The van der Waals surface area contributed by atoms with Crippen LogP contribution in [0.4, 0.5) is 15.3 Å². The van der Waals surface area contributed by atoms with E-state index in [1.165, 1.54) is 17.0 Å². The van der Waals surface area contributed by atoms with Crippen LogP contribution in [-0.2, 0) is 16.1 Å². The number of carbonyl (C=O) groups excluding carboxylic acids is 2. The number of nitrogens with one attached hydrogen (secondary N) is 1. The lowest BCUT2D eigenvalue weighted by molar-refractivity contribution is 0.0522. The third kappa shape index (κ3) is 5.59. The molecule has 9 nitrogen and oxygen atoms in total. The fourth-order valence-electron chi connectivity index (χ4n) is 3.81. The number of hydrogen-bond donors (Lipinski definition) is 2. The number of ether oxygens (including phenoxy) is 3. The fourth-order valence-corrected chi connectivity index (χ4v) is 3.81. The molecule has 1 unspecified atom stereocenters. The molecule has 9 heteroatoms. The quantitative estimate of drug-likeness (QED) is 0.672. The Kier molecular flexibility index (Phi) is 6.37. The van der Waals surface area contributed by atoms with Crippen molar-refractivity contribution in [1.82, 2.24) is 5.32 Å². The Morgan fingerprint density at radius 1 is 1.15 bits per heavy atom. The summed E-state index contributed by atoms with van der Waals surface area (Å²) in [6.07, 6.45) is -0.0823. The van der Waals surface area contributed by atoms with E-state index >= 15 is 0 Å². The maximum Gasteiger partial charge on any atom is 0.414 e. The first kappa shape index (κ1) is 23.4. The van der Waals surface area contributed by atoms with Crippen LogP contribution < -0.4 is 15.0 Å². The van der Waals surface area contributed by atoms with E-state index in [0.717, 1.165) is 17.5 Å². The molecule has 0 saturated heterocycles. The van der Waals surface area contributed by atoms with Crippen LogP contribution in [0.25, 0.3) is 0 Å². The first-order valence-corrected chi connectivity index (χ1v) is 11.1. The van der Waals surface area contributed by atoms with Crippen molar-refractivity contribution in [3.05, 3.63) is 59.2 Å². The van der Waals surface area contributed by atoms with Gasteiger partial charge in [0.1, 0.15) is 24.6 Å². The van der Waals surface area contributed by atoms with Crippen LogP contribution >= 0.6 is 0 Å². The summed E-state index contributed by atoms with van der Waals surface area (Å²) in [6.45, 7) is 6.15. The minimum atomic E-state index is -1.06. The summed E-state index contributed by atoms with van der Waals surface area (Å²) >= 11 is 0. The van der Waals surface area contributed by atoms with E-state index in [4.69, 9.17) is 19.3 Å². The van der Waals surface area contributed by atoms with Gasteiger partial charge < -0.3 is 24.6 Å². The molecule has 1 aliphatic carbocycles. The number of nitrogens with zero attached hydrogens (tertiary/aromatic N) is 1. The SMILES string of the molecule is CC(C)(C)OC(=O)N[C@H]1CC1c1ccc(COC(=O)N2CCOc3cc(C(=O)O)ccc32)cc1. The van der Waals surface area contributed by atoms with E-state index in [0.29, 0.717) is 18.0 Å². The number of anilines is 1. The Bertz CT molecular complexity index is 1090. The number of rotatable bonds is 5. The molecule has 1 heterocycles. The zero-order valence-corrected chi connectivity index (χ0v) is 19.4. The second-order valence-electron chi connectivity index (χ2n) is 9.38. The Balaban J connectivity index is 1.30. The van der Waals surface area contributed by atoms with E-state index in [2.05, 4.69) is 5.32 Å². The van der Waals surface area contributed by atoms with Crippen molar-refractivity contribution in [2.45, 2.75) is 51.4 Å². The summed E-state index contributed by atoms with van der Waals surface area (Å²) in [4.78, 5) is 37.2. The van der Waals surface area contributed by atoms with Crippen LogP contribution in [0.2, 0.25) is 0 Å². The zero-order valence-electron chi connectivity index (χ0n) is 19.4. The minimum Gasteiger partial charge on any atom is -0.490 e. The number of fused-ring (bicyclic) bond motifs is 1. The highest BCUT2D eigenvalue weighted by Gasteiger charge is 2.40. The average Bonchev–Trinajstić information content (AvgIpc) is 3.54. The first-order valence-electron chi connectivity index (χ1n) is 11.1. The zero-order chi connectivity index (χ0) is 24.5. The minimum absolute atomic E-state index is 0.0570. The van der Waals surface area contributed by atoms with Crippen molar-refractivity contribution in [2.24, 2.45) is 0 Å². The molecule has 2 aliphatic rings. The van der Waals surface area contributed by atoms with Crippen molar-refractivity contribution in [3.8, 4) is 5.75 Å². The van der Waals surface area contributed by atoms with Gasteiger partial charge >= 0.3 is 18.2 Å². The van der Waals surface area contributed by atoms with Gasteiger partial charge in [-0.25, -0.2) is 14.4 Å². The van der Waals surface area contributed by atoms with Crippen LogP contribution in [0.5, 0.6) is 5.75 Å². The number of alkyl carbamates (subject to hydrolysis) is 1. The van der Waals surface area contributed by atoms with Gasteiger partial charge in [-0.05, 0) is 56.5 Å². The number of aromatic carboxylic acids is 1. The summed E-state index contributed by atoms with van der Waals surface area (Å²) in [5, 5.41) is 12.0. The average molecular weight is 469 g/mol. The lowest BCUT2D eigenvalue weighted by atomic mass is 10.1. The van der Waals surface area contributed by atoms with E-state index in [1.54, 1.807) is 6.07 Å². The Labute approximate surface area is 197 Å². The van der Waals surface area contributed by atoms with Crippen LogP contribution in [0.15, 0.2) is 42.5 Å². The topological polar surface area (TPSA) is 114 Å². The molecule has 2 atom stereocenters. The number of carbonyl (C=O) groups is 3. The predicted octanol–water partition coefficient (Wildman–Crippen LogP) is 4.30. The molecule has 34 heavy (non-hydrogen) atoms. The molecule has 2 N–H and O–H groups in total. The smallest absolute Gasteiger partial charge is 0.414 e. The highest BCUT2D eigenvalue weighted by Crippen LogP contribution is 2.41. The van der Waals surface area contributed by atoms with Crippen LogP contribution in [-0.4, -0.2) is 48.1 Å². The molecule has 4 rings (SSSR count). The van der Waals surface area contributed by atoms with Crippen molar-refractivity contribution in [2.75, 3.05) is 18.1 Å². The number of amides is 2. The van der Waals surface area contributed by atoms with Gasteiger partial charge in [-0.1, -0.05) is 24.3 Å². The number of carboxylic acid groups (broad SMARTS) is 1.